The Balaban J connectivity index is 2.39. The van der Waals surface area contributed by atoms with Gasteiger partial charge in [0.15, 0.2) is 0 Å². The summed E-state index contributed by atoms with van der Waals surface area (Å²) >= 11 is 0. The van der Waals surface area contributed by atoms with Crippen LogP contribution in [0.5, 0.6) is 0 Å². The molecule has 0 spiro atoms. The highest BCUT2D eigenvalue weighted by Crippen LogP contribution is 2.27. The Bertz CT molecular complexity index is 636. The Morgan fingerprint density at radius 2 is 2.24 bits per heavy atom. The fraction of sp³-hybridized carbons (Fsp3) is 0.400. The monoisotopic (exact) mass is 288 g/mol. The Kier molecular flexibility index (Phi) is 4.70. The number of nitro benzene ring substituents is 1. The summed E-state index contributed by atoms with van der Waals surface area (Å²) in [5.41, 5.74) is 8.28. The number of imidazole rings is 1. The zero-order chi connectivity index (χ0) is 15.4. The van der Waals surface area contributed by atoms with E-state index in [4.69, 9.17) is 5.73 Å². The molecule has 0 saturated heterocycles. The third-order valence-corrected chi connectivity index (χ3v) is 3.54. The van der Waals surface area contributed by atoms with E-state index in [2.05, 4.69) is 16.9 Å². The van der Waals surface area contributed by atoms with Gasteiger partial charge >= 0.3 is 0 Å². The zero-order valence-corrected chi connectivity index (χ0v) is 12.3. The number of non-ortho nitro benzene ring substituents is 1. The summed E-state index contributed by atoms with van der Waals surface area (Å²) in [6.45, 7) is 4.57. The largest absolute Gasteiger partial charge is 0.345 e. The first-order valence-corrected chi connectivity index (χ1v) is 7.08. The molecule has 0 radical (unpaired) electrons. The third-order valence-electron chi connectivity index (χ3n) is 3.54. The third kappa shape index (κ3) is 3.28. The van der Waals surface area contributed by atoms with E-state index in [1.807, 2.05) is 13.0 Å². The minimum atomic E-state index is -0.397. The fourth-order valence-electron chi connectivity index (χ4n) is 2.44. The number of aromatic nitrogens is 2. The maximum Gasteiger partial charge on any atom is 0.270 e. The van der Waals surface area contributed by atoms with E-state index in [-0.39, 0.29) is 11.6 Å². The molecule has 6 nitrogen and oxygen atoms in total. The number of benzene rings is 1. The summed E-state index contributed by atoms with van der Waals surface area (Å²) in [6, 6.07) is 6.53. The van der Waals surface area contributed by atoms with E-state index in [9.17, 15) is 10.1 Å². The van der Waals surface area contributed by atoms with Gasteiger partial charge in [0.05, 0.1) is 10.6 Å². The Morgan fingerprint density at radius 1 is 1.48 bits per heavy atom. The van der Waals surface area contributed by atoms with Gasteiger partial charge in [-0.15, -0.1) is 0 Å². The number of rotatable bonds is 6. The smallest absolute Gasteiger partial charge is 0.270 e. The van der Waals surface area contributed by atoms with Crippen LogP contribution in [0.2, 0.25) is 0 Å². The lowest BCUT2D eigenvalue weighted by Crippen LogP contribution is -2.13. The van der Waals surface area contributed by atoms with Crippen LogP contribution in [-0.2, 0) is 0 Å². The van der Waals surface area contributed by atoms with Gasteiger partial charge in [0.25, 0.3) is 5.69 Å². The van der Waals surface area contributed by atoms with Crippen molar-refractivity contribution >= 4 is 5.69 Å². The average molecular weight is 288 g/mol. The van der Waals surface area contributed by atoms with Crippen molar-refractivity contribution in [2.24, 2.45) is 5.73 Å². The molecule has 3 N–H and O–H groups in total. The first-order valence-electron chi connectivity index (χ1n) is 7.08. The van der Waals surface area contributed by atoms with Gasteiger partial charge in [0, 0.05) is 35.9 Å². The molecule has 2 aromatic rings. The maximum atomic E-state index is 10.9. The summed E-state index contributed by atoms with van der Waals surface area (Å²) in [6.07, 6.45) is 2.01. The number of aromatic amines is 1. The van der Waals surface area contributed by atoms with Gasteiger partial charge in [-0.2, -0.15) is 0 Å². The van der Waals surface area contributed by atoms with Crippen LogP contribution in [0.3, 0.4) is 0 Å². The lowest BCUT2D eigenvalue weighted by molar-refractivity contribution is -0.384. The van der Waals surface area contributed by atoms with Crippen LogP contribution in [0, 0.1) is 17.0 Å². The highest BCUT2D eigenvalue weighted by atomic mass is 16.6. The fourth-order valence-corrected chi connectivity index (χ4v) is 2.44. The summed E-state index contributed by atoms with van der Waals surface area (Å²) in [5.74, 6) is 1.06. The SMILES string of the molecule is CCCC(CN)c1nc(-c2cccc([N+](=O)[O-])c2)c(C)[nH]1. The number of H-pyrrole nitrogens is 1. The molecular weight excluding hydrogens is 268 g/mol. The van der Waals surface area contributed by atoms with Crippen LogP contribution in [-0.4, -0.2) is 21.4 Å². The Labute approximate surface area is 123 Å². The number of nitrogens with one attached hydrogen (secondary N) is 1. The molecule has 1 heterocycles. The second-order valence-corrected chi connectivity index (χ2v) is 5.12. The van der Waals surface area contributed by atoms with Crippen molar-refractivity contribution in [2.45, 2.75) is 32.6 Å². The minimum Gasteiger partial charge on any atom is -0.345 e. The van der Waals surface area contributed by atoms with E-state index in [0.717, 1.165) is 35.6 Å². The predicted molar refractivity (Wildman–Crippen MR) is 82.1 cm³/mol. The van der Waals surface area contributed by atoms with Crippen LogP contribution in [0.15, 0.2) is 24.3 Å². The molecule has 1 aromatic heterocycles. The van der Waals surface area contributed by atoms with E-state index in [1.165, 1.54) is 6.07 Å². The van der Waals surface area contributed by atoms with Crippen LogP contribution in [0.4, 0.5) is 5.69 Å². The highest BCUT2D eigenvalue weighted by Gasteiger charge is 2.17. The molecule has 0 fully saturated rings. The summed E-state index contributed by atoms with van der Waals surface area (Å²) in [4.78, 5) is 18.4. The van der Waals surface area contributed by atoms with Gasteiger partial charge < -0.3 is 10.7 Å². The number of nitrogens with zero attached hydrogens (tertiary/aromatic N) is 2. The predicted octanol–water partition coefficient (Wildman–Crippen LogP) is 3.14. The molecule has 0 bridgehead atoms. The second-order valence-electron chi connectivity index (χ2n) is 5.12. The van der Waals surface area contributed by atoms with Crippen molar-refractivity contribution in [1.82, 2.24) is 9.97 Å². The summed E-state index contributed by atoms with van der Waals surface area (Å²) < 4.78 is 0. The molecule has 0 aliphatic rings. The number of aryl methyl sites for hydroxylation is 1. The molecule has 0 saturated carbocycles. The van der Waals surface area contributed by atoms with Crippen molar-refractivity contribution in [3.63, 3.8) is 0 Å². The van der Waals surface area contributed by atoms with E-state index in [1.54, 1.807) is 12.1 Å². The highest BCUT2D eigenvalue weighted by molar-refractivity contribution is 5.64. The number of nitrogens with two attached hydrogens (primary N) is 1. The van der Waals surface area contributed by atoms with Crippen LogP contribution in [0.25, 0.3) is 11.3 Å². The second kappa shape index (κ2) is 6.49. The van der Waals surface area contributed by atoms with Gasteiger partial charge in [0.2, 0.25) is 0 Å². The van der Waals surface area contributed by atoms with Crippen molar-refractivity contribution < 1.29 is 4.92 Å². The molecule has 2 rings (SSSR count). The van der Waals surface area contributed by atoms with Crippen molar-refractivity contribution in [3.8, 4) is 11.3 Å². The van der Waals surface area contributed by atoms with Crippen LogP contribution >= 0.6 is 0 Å². The molecule has 1 aromatic carbocycles. The van der Waals surface area contributed by atoms with E-state index in [0.29, 0.717) is 6.54 Å². The quantitative estimate of drug-likeness (QED) is 0.630. The Hall–Kier alpha value is -2.21. The zero-order valence-electron chi connectivity index (χ0n) is 12.3. The standard InChI is InChI=1S/C15H20N4O2/c1-3-5-12(9-16)15-17-10(2)14(18-15)11-6-4-7-13(8-11)19(20)21/h4,6-8,12H,3,5,9,16H2,1-2H3,(H,17,18). The van der Waals surface area contributed by atoms with E-state index >= 15 is 0 Å². The van der Waals surface area contributed by atoms with Gasteiger partial charge in [-0.3, -0.25) is 10.1 Å². The van der Waals surface area contributed by atoms with Crippen LogP contribution in [0.1, 0.15) is 37.2 Å². The van der Waals surface area contributed by atoms with Gasteiger partial charge in [0.1, 0.15) is 5.82 Å². The molecule has 21 heavy (non-hydrogen) atoms. The van der Waals surface area contributed by atoms with Gasteiger partial charge in [-0.1, -0.05) is 25.5 Å². The molecule has 1 unspecified atom stereocenters. The van der Waals surface area contributed by atoms with Crippen molar-refractivity contribution in [2.75, 3.05) is 6.54 Å². The topological polar surface area (TPSA) is 97.8 Å². The van der Waals surface area contributed by atoms with Crippen LogP contribution < -0.4 is 5.73 Å². The van der Waals surface area contributed by atoms with Crippen molar-refractivity contribution in [3.05, 3.63) is 45.9 Å². The van der Waals surface area contributed by atoms with Crippen molar-refractivity contribution in [1.29, 1.82) is 0 Å². The lowest BCUT2D eigenvalue weighted by atomic mass is 10.0. The lowest BCUT2D eigenvalue weighted by Gasteiger charge is -2.09. The summed E-state index contributed by atoms with van der Waals surface area (Å²) in [5, 5.41) is 10.9. The van der Waals surface area contributed by atoms with E-state index < -0.39 is 4.92 Å². The minimum absolute atomic E-state index is 0.0698. The molecule has 112 valence electrons. The molecule has 0 amide bonds. The molecule has 1 atom stereocenters. The number of hydrogen-bond acceptors (Lipinski definition) is 4. The molecular formula is C15H20N4O2. The number of nitro groups is 1. The first-order chi connectivity index (χ1) is 10.1. The normalized spacial score (nSPS) is 12.3. The summed E-state index contributed by atoms with van der Waals surface area (Å²) in [7, 11) is 0. The van der Waals surface area contributed by atoms with Gasteiger partial charge in [-0.05, 0) is 13.3 Å². The maximum absolute atomic E-state index is 10.9. The van der Waals surface area contributed by atoms with Gasteiger partial charge in [-0.25, -0.2) is 4.98 Å². The number of hydrogen-bond donors (Lipinski definition) is 2. The molecule has 0 aliphatic heterocycles. The first kappa shape index (κ1) is 15.2. The Morgan fingerprint density at radius 3 is 2.86 bits per heavy atom. The molecule has 0 aliphatic carbocycles. The molecule has 6 heteroatoms. The average Bonchev–Trinajstić information content (AvgIpc) is 2.86.